The lowest BCUT2D eigenvalue weighted by Gasteiger charge is -2.25. The minimum atomic E-state index is -1.51. The fourth-order valence-electron chi connectivity index (χ4n) is 9.14. The van der Waals surface area contributed by atoms with E-state index in [0.29, 0.717) is 17.4 Å². The predicted octanol–water partition coefficient (Wildman–Crippen LogP) is 19.0. The molecule has 0 radical (unpaired) electrons. The van der Waals surface area contributed by atoms with Crippen molar-refractivity contribution in [3.05, 3.63) is 48.6 Å². The highest BCUT2D eigenvalue weighted by Gasteiger charge is 2.25. The van der Waals surface area contributed by atoms with Crippen LogP contribution >= 0.6 is 0 Å². The van der Waals surface area contributed by atoms with Gasteiger partial charge in [0.15, 0.2) is 6.10 Å². The number of hydrogen-bond acceptors (Lipinski definition) is 7. The van der Waals surface area contributed by atoms with E-state index in [4.69, 9.17) is 18.9 Å². The molecule has 0 amide bonds. The highest BCUT2D eigenvalue weighted by atomic mass is 16.7. The monoisotopic (exact) mass is 1060 g/mol. The molecule has 9 nitrogen and oxygen atoms in total. The second-order valence-corrected chi connectivity index (χ2v) is 22.7. The zero-order valence-electron chi connectivity index (χ0n) is 50.0. The molecule has 0 spiro atoms. The summed E-state index contributed by atoms with van der Waals surface area (Å²) in [7, 11) is 5.98. The summed E-state index contributed by atoms with van der Waals surface area (Å²) in [6.45, 7) is 4.90. The van der Waals surface area contributed by atoms with Crippen molar-refractivity contribution in [2.75, 3.05) is 47.5 Å². The van der Waals surface area contributed by atoms with Crippen LogP contribution in [0.3, 0.4) is 0 Å². The summed E-state index contributed by atoms with van der Waals surface area (Å²) < 4.78 is 22.9. The van der Waals surface area contributed by atoms with Gasteiger partial charge in [-0.2, -0.15) is 0 Å². The van der Waals surface area contributed by atoms with Gasteiger partial charge in [0.05, 0.1) is 34.4 Å². The van der Waals surface area contributed by atoms with E-state index in [2.05, 4.69) is 62.5 Å². The molecular formula is C66H122NO8+. The number of rotatable bonds is 59. The lowest BCUT2D eigenvalue weighted by molar-refractivity contribution is -0.870. The van der Waals surface area contributed by atoms with Crippen molar-refractivity contribution in [2.45, 2.75) is 309 Å². The highest BCUT2D eigenvalue weighted by molar-refractivity contribution is 5.71. The maximum absolute atomic E-state index is 12.9. The van der Waals surface area contributed by atoms with Crippen LogP contribution in [0.5, 0.6) is 0 Å². The van der Waals surface area contributed by atoms with Gasteiger partial charge in [0.25, 0.3) is 6.29 Å². The Morgan fingerprint density at radius 1 is 0.400 bits per heavy atom. The molecule has 0 rings (SSSR count). The van der Waals surface area contributed by atoms with Crippen molar-refractivity contribution in [2.24, 2.45) is 0 Å². The first-order valence-corrected chi connectivity index (χ1v) is 31.8. The average molecular weight is 1060 g/mol. The smallest absolute Gasteiger partial charge is 0.361 e. The Kier molecular flexibility index (Phi) is 55.3. The minimum absolute atomic E-state index is 0.181. The molecule has 0 aliphatic rings. The molecule has 0 aromatic carbocycles. The molecule has 0 heterocycles. The van der Waals surface area contributed by atoms with E-state index in [-0.39, 0.29) is 32.2 Å². The highest BCUT2D eigenvalue weighted by Crippen LogP contribution is 2.17. The van der Waals surface area contributed by atoms with Gasteiger partial charge in [0, 0.05) is 12.8 Å². The normalized spacial score (nSPS) is 13.0. The summed E-state index contributed by atoms with van der Waals surface area (Å²) in [6, 6.07) is 0. The number of likely N-dealkylation sites (N-methyl/N-ethyl adjacent to an activating group) is 1. The molecule has 9 heteroatoms. The maximum atomic E-state index is 12.9. The molecule has 2 unspecified atom stereocenters. The lowest BCUT2D eigenvalue weighted by atomic mass is 10.0. The van der Waals surface area contributed by atoms with Crippen LogP contribution < -0.4 is 0 Å². The second kappa shape index (κ2) is 57.4. The molecule has 1 N–H and O–H groups in total. The van der Waals surface area contributed by atoms with Crippen molar-refractivity contribution in [1.29, 1.82) is 0 Å². The summed E-state index contributed by atoms with van der Waals surface area (Å²) in [5.41, 5.74) is 0. The van der Waals surface area contributed by atoms with Gasteiger partial charge < -0.3 is 28.5 Å². The number of nitrogens with zero attached hydrogens (tertiary/aromatic N) is 1. The quantitative estimate of drug-likeness (QED) is 0.0211. The number of carbonyl (C=O) groups is 3. The summed E-state index contributed by atoms with van der Waals surface area (Å²) >= 11 is 0. The van der Waals surface area contributed by atoms with Gasteiger partial charge in [-0.1, -0.05) is 255 Å². The topological polar surface area (TPSA) is 108 Å². The zero-order valence-corrected chi connectivity index (χ0v) is 50.0. The van der Waals surface area contributed by atoms with Gasteiger partial charge in [-0.3, -0.25) is 9.59 Å². The number of carboxylic acid groups (broad SMARTS) is 1. The Hall–Kier alpha value is -2.75. The fraction of sp³-hybridized carbons (Fsp3) is 0.833. The van der Waals surface area contributed by atoms with Crippen LogP contribution in [0, 0.1) is 0 Å². The number of unbranched alkanes of at least 4 members (excludes halogenated alkanes) is 36. The van der Waals surface area contributed by atoms with Gasteiger partial charge >= 0.3 is 17.9 Å². The number of esters is 2. The van der Waals surface area contributed by atoms with Crippen LogP contribution in [0.4, 0.5) is 0 Å². The summed E-state index contributed by atoms with van der Waals surface area (Å²) in [4.78, 5) is 37.5. The van der Waals surface area contributed by atoms with Gasteiger partial charge in [-0.15, -0.1) is 0 Å². The number of carboxylic acids is 1. The molecule has 0 aromatic heterocycles. The first kappa shape index (κ1) is 72.2. The molecule has 0 bridgehead atoms. The Bertz CT molecular complexity index is 1370. The average Bonchev–Trinajstić information content (AvgIpc) is 3.38. The van der Waals surface area contributed by atoms with Crippen molar-refractivity contribution in [3.8, 4) is 0 Å². The third kappa shape index (κ3) is 58.8. The first-order chi connectivity index (χ1) is 36.6. The van der Waals surface area contributed by atoms with E-state index in [9.17, 15) is 19.5 Å². The number of allylic oxidation sites excluding steroid dienone is 8. The lowest BCUT2D eigenvalue weighted by Crippen LogP contribution is -2.40. The Morgan fingerprint density at radius 3 is 1.05 bits per heavy atom. The van der Waals surface area contributed by atoms with Gasteiger partial charge in [-0.05, 0) is 77.0 Å². The van der Waals surface area contributed by atoms with Gasteiger partial charge in [0.2, 0.25) is 0 Å². The van der Waals surface area contributed by atoms with Crippen molar-refractivity contribution >= 4 is 17.9 Å². The van der Waals surface area contributed by atoms with Crippen molar-refractivity contribution < 1.29 is 42.9 Å². The minimum Gasteiger partial charge on any atom is -0.477 e. The fourth-order valence-corrected chi connectivity index (χ4v) is 9.14. The number of aliphatic carboxylic acids is 1. The van der Waals surface area contributed by atoms with Crippen LogP contribution in [0.15, 0.2) is 48.6 Å². The van der Waals surface area contributed by atoms with Crippen molar-refractivity contribution in [3.63, 3.8) is 0 Å². The first-order valence-electron chi connectivity index (χ1n) is 31.8. The van der Waals surface area contributed by atoms with E-state index in [1.54, 1.807) is 0 Å². The second-order valence-electron chi connectivity index (χ2n) is 22.7. The van der Waals surface area contributed by atoms with E-state index < -0.39 is 24.3 Å². The number of quaternary nitrogens is 1. The van der Waals surface area contributed by atoms with E-state index in [1.807, 2.05) is 21.1 Å². The van der Waals surface area contributed by atoms with E-state index in [1.165, 1.54) is 218 Å². The third-order valence-corrected chi connectivity index (χ3v) is 14.1. The number of hydrogen-bond donors (Lipinski definition) is 1. The van der Waals surface area contributed by atoms with Crippen LogP contribution in [0.2, 0.25) is 0 Å². The molecule has 0 aliphatic heterocycles. The summed E-state index contributed by atoms with van der Waals surface area (Å²) in [6.07, 6.45) is 69.1. The van der Waals surface area contributed by atoms with Crippen LogP contribution in [0.1, 0.15) is 296 Å². The number of ether oxygens (including phenoxy) is 4. The van der Waals surface area contributed by atoms with Crippen molar-refractivity contribution in [1.82, 2.24) is 0 Å². The molecule has 438 valence electrons. The predicted molar refractivity (Wildman–Crippen MR) is 318 cm³/mol. The molecule has 2 atom stereocenters. The Labute approximate surface area is 463 Å². The van der Waals surface area contributed by atoms with Crippen LogP contribution in [-0.2, 0) is 33.3 Å². The number of carbonyl (C=O) groups excluding carboxylic acids is 2. The molecule has 0 aliphatic carbocycles. The molecule has 0 fully saturated rings. The van der Waals surface area contributed by atoms with Crippen LogP contribution in [0.25, 0.3) is 0 Å². The van der Waals surface area contributed by atoms with Gasteiger partial charge in [-0.25, -0.2) is 4.79 Å². The zero-order chi connectivity index (χ0) is 54.8. The summed E-state index contributed by atoms with van der Waals surface area (Å²) in [5.74, 6) is -1.99. The molecule has 0 saturated carbocycles. The SMILES string of the molecule is CCCCCCC/C=C\C/C=C\CCCCCCCCCCCCCCCC(=O)OCC(COC(OCC[N+](C)(C)C)C(=O)O)OC(=O)CCCCCCCCCCCCCCC/C=C\C/C=C\CCCCCCC. The van der Waals surface area contributed by atoms with E-state index >= 15 is 0 Å². The maximum Gasteiger partial charge on any atom is 0.361 e. The molecule has 0 saturated heterocycles. The standard InChI is InChI=1S/C66H121NO8/c1-6-8-10-12-14-16-18-20-22-24-26-28-30-32-34-36-38-40-42-44-46-48-50-52-54-56-63(68)73-60-62(61-74-66(65(70)71)72-59-58-67(3,4)5)75-64(69)57-55-53-51-49-47-45-43-41-39-37-35-33-31-29-27-25-23-21-19-17-15-13-11-9-7-2/h18-21,24-27,62,66H,6-17,22-23,28-61H2,1-5H3/p+1/b20-18-,21-19-,26-24-,27-25-. The third-order valence-electron chi connectivity index (χ3n) is 14.1. The van der Waals surface area contributed by atoms with Crippen LogP contribution in [-0.4, -0.2) is 87.4 Å². The Balaban J connectivity index is 4.17. The molecule has 0 aromatic rings. The molecular weight excluding hydrogens is 935 g/mol. The largest absolute Gasteiger partial charge is 0.477 e. The molecule has 75 heavy (non-hydrogen) atoms. The summed E-state index contributed by atoms with van der Waals surface area (Å²) in [5, 5.41) is 9.72. The van der Waals surface area contributed by atoms with Gasteiger partial charge in [0.1, 0.15) is 13.2 Å². The Morgan fingerprint density at radius 2 is 0.720 bits per heavy atom. The van der Waals surface area contributed by atoms with E-state index in [0.717, 1.165) is 51.4 Å².